The van der Waals surface area contributed by atoms with Gasteiger partial charge in [0.05, 0.1) is 5.75 Å². The minimum atomic E-state index is -0.472. The van der Waals surface area contributed by atoms with Gasteiger partial charge in [-0.1, -0.05) is 26.0 Å². The Balaban J connectivity index is 2.39. The molecule has 6 heteroatoms. The van der Waals surface area contributed by atoms with Crippen molar-refractivity contribution in [3.8, 4) is 17.0 Å². The van der Waals surface area contributed by atoms with Crippen LogP contribution in [0.2, 0.25) is 0 Å². The third-order valence-electron chi connectivity index (χ3n) is 2.62. The highest BCUT2D eigenvalue weighted by Crippen LogP contribution is 2.24. The summed E-state index contributed by atoms with van der Waals surface area (Å²) in [6.45, 7) is 4.06. The molecule has 1 aromatic carbocycles. The van der Waals surface area contributed by atoms with E-state index in [9.17, 15) is 14.3 Å². The smallest absolute Gasteiger partial charge is 0.262 e. The predicted molar refractivity (Wildman–Crippen MR) is 78.3 cm³/mol. The van der Waals surface area contributed by atoms with Crippen molar-refractivity contribution >= 4 is 11.8 Å². The van der Waals surface area contributed by atoms with E-state index in [-0.39, 0.29) is 11.4 Å². The molecule has 0 aliphatic rings. The van der Waals surface area contributed by atoms with Crippen LogP contribution in [0.1, 0.15) is 19.7 Å². The minimum absolute atomic E-state index is 0.0113. The molecule has 4 nitrogen and oxygen atoms in total. The molecule has 0 spiro atoms. The van der Waals surface area contributed by atoms with Crippen LogP contribution >= 0.6 is 11.8 Å². The van der Waals surface area contributed by atoms with Crippen LogP contribution in [0, 0.1) is 5.82 Å². The lowest BCUT2D eigenvalue weighted by Crippen LogP contribution is -2.14. The Morgan fingerprint density at radius 2 is 2.20 bits per heavy atom. The molecular formula is C14H15FN2O2S. The first-order valence-electron chi connectivity index (χ1n) is 6.17. The molecule has 2 N–H and O–H groups in total. The summed E-state index contributed by atoms with van der Waals surface area (Å²) >= 11 is 1.60. The fourth-order valence-corrected chi connectivity index (χ4v) is 2.35. The second kappa shape index (κ2) is 6.09. The van der Waals surface area contributed by atoms with Crippen molar-refractivity contribution in [1.82, 2.24) is 9.97 Å². The standard InChI is InChI=1S/C14H15FN2O2S/c1-8(2)20-7-11-16-13(18)12(14(19)17-11)9-4-3-5-10(15)6-9/h3-6,8H,7H2,1-2H3,(H2,16,17,18,19). The summed E-state index contributed by atoms with van der Waals surface area (Å²) < 4.78 is 13.2. The molecule has 0 amide bonds. The van der Waals surface area contributed by atoms with Crippen LogP contribution in [0.25, 0.3) is 11.1 Å². The summed E-state index contributed by atoms with van der Waals surface area (Å²) in [6, 6.07) is 5.49. The lowest BCUT2D eigenvalue weighted by molar-refractivity contribution is 0.451. The van der Waals surface area contributed by atoms with E-state index in [1.807, 2.05) is 13.8 Å². The van der Waals surface area contributed by atoms with E-state index in [0.717, 1.165) is 0 Å². The Kier molecular flexibility index (Phi) is 4.44. The number of nitrogens with zero attached hydrogens (tertiary/aromatic N) is 1. The topological polar surface area (TPSA) is 66.0 Å². The first-order valence-corrected chi connectivity index (χ1v) is 7.22. The number of hydrogen-bond donors (Lipinski definition) is 2. The van der Waals surface area contributed by atoms with Gasteiger partial charge in [-0.15, -0.1) is 0 Å². The highest BCUT2D eigenvalue weighted by Gasteiger charge is 2.13. The number of benzene rings is 1. The SMILES string of the molecule is CC(C)SCc1nc(O)c(-c2cccc(F)c2)c(=O)[nH]1. The Labute approximate surface area is 120 Å². The molecule has 1 aromatic heterocycles. The van der Waals surface area contributed by atoms with Gasteiger partial charge in [-0.25, -0.2) is 4.39 Å². The zero-order valence-corrected chi connectivity index (χ0v) is 12.0. The number of aromatic hydroxyl groups is 1. The maximum Gasteiger partial charge on any atom is 0.262 e. The van der Waals surface area contributed by atoms with Crippen molar-refractivity contribution in [1.29, 1.82) is 0 Å². The number of rotatable bonds is 4. The van der Waals surface area contributed by atoms with Gasteiger partial charge in [-0.3, -0.25) is 4.79 Å². The molecule has 0 atom stereocenters. The molecule has 20 heavy (non-hydrogen) atoms. The van der Waals surface area contributed by atoms with Crippen molar-refractivity contribution in [2.75, 3.05) is 0 Å². The predicted octanol–water partition coefficient (Wildman–Crippen LogP) is 2.92. The van der Waals surface area contributed by atoms with E-state index in [0.29, 0.717) is 22.4 Å². The molecular weight excluding hydrogens is 279 g/mol. The molecule has 2 rings (SSSR count). The van der Waals surface area contributed by atoms with Crippen LogP contribution in [-0.4, -0.2) is 20.3 Å². The monoisotopic (exact) mass is 294 g/mol. The molecule has 0 fully saturated rings. The Morgan fingerprint density at radius 1 is 1.45 bits per heavy atom. The van der Waals surface area contributed by atoms with Crippen LogP contribution in [0.4, 0.5) is 4.39 Å². The largest absolute Gasteiger partial charge is 0.493 e. The molecule has 0 unspecified atom stereocenters. The van der Waals surface area contributed by atoms with E-state index >= 15 is 0 Å². The Morgan fingerprint density at radius 3 is 2.80 bits per heavy atom. The number of halogens is 1. The zero-order chi connectivity index (χ0) is 14.7. The summed E-state index contributed by atoms with van der Waals surface area (Å²) in [5, 5.41) is 10.3. The van der Waals surface area contributed by atoms with Gasteiger partial charge >= 0.3 is 0 Å². The Hall–Kier alpha value is -1.82. The third kappa shape index (κ3) is 3.39. The van der Waals surface area contributed by atoms with Crippen molar-refractivity contribution in [2.45, 2.75) is 24.9 Å². The van der Waals surface area contributed by atoms with E-state index in [1.54, 1.807) is 17.8 Å². The van der Waals surface area contributed by atoms with Gasteiger partial charge in [0.15, 0.2) is 0 Å². The van der Waals surface area contributed by atoms with Crippen LogP contribution in [0.3, 0.4) is 0 Å². The summed E-state index contributed by atoms with van der Waals surface area (Å²) in [5.74, 6) is 0.0648. The van der Waals surface area contributed by atoms with Gasteiger partial charge in [0.25, 0.3) is 5.56 Å². The first kappa shape index (κ1) is 14.6. The van der Waals surface area contributed by atoms with Crippen molar-refractivity contribution < 1.29 is 9.50 Å². The maximum absolute atomic E-state index is 13.2. The van der Waals surface area contributed by atoms with Gasteiger partial charge in [-0.05, 0) is 22.9 Å². The van der Waals surface area contributed by atoms with Crippen LogP contribution in [0.15, 0.2) is 29.1 Å². The molecule has 106 valence electrons. The normalized spacial score (nSPS) is 11.0. The number of aromatic nitrogens is 2. The molecule has 2 aromatic rings. The van der Waals surface area contributed by atoms with E-state index in [4.69, 9.17) is 0 Å². The quantitative estimate of drug-likeness (QED) is 0.910. The molecule has 0 aliphatic heterocycles. The molecule has 0 bridgehead atoms. The summed E-state index contributed by atoms with van der Waals surface area (Å²) in [7, 11) is 0. The van der Waals surface area contributed by atoms with Crippen LogP contribution in [-0.2, 0) is 5.75 Å². The highest BCUT2D eigenvalue weighted by molar-refractivity contribution is 7.99. The third-order valence-corrected chi connectivity index (χ3v) is 3.72. The lowest BCUT2D eigenvalue weighted by Gasteiger charge is -2.07. The van der Waals surface area contributed by atoms with Gasteiger partial charge in [0.1, 0.15) is 17.2 Å². The highest BCUT2D eigenvalue weighted by atomic mass is 32.2. The summed E-state index contributed by atoms with van der Waals surface area (Å²) in [5.41, 5.74) is -0.176. The second-order valence-corrected chi connectivity index (χ2v) is 6.15. The average Bonchev–Trinajstić information content (AvgIpc) is 2.35. The minimum Gasteiger partial charge on any atom is -0.493 e. The maximum atomic E-state index is 13.2. The number of nitrogens with one attached hydrogen (secondary N) is 1. The fourth-order valence-electron chi connectivity index (χ4n) is 1.72. The number of hydrogen-bond acceptors (Lipinski definition) is 4. The van der Waals surface area contributed by atoms with Crippen LogP contribution in [0.5, 0.6) is 5.88 Å². The van der Waals surface area contributed by atoms with E-state index in [2.05, 4.69) is 9.97 Å². The van der Waals surface area contributed by atoms with Crippen LogP contribution < -0.4 is 5.56 Å². The van der Waals surface area contributed by atoms with Gasteiger partial charge in [-0.2, -0.15) is 16.7 Å². The number of aromatic amines is 1. The first-order chi connectivity index (χ1) is 9.47. The zero-order valence-electron chi connectivity index (χ0n) is 11.2. The van der Waals surface area contributed by atoms with Gasteiger partial charge in [0.2, 0.25) is 5.88 Å². The number of H-pyrrole nitrogens is 1. The van der Waals surface area contributed by atoms with Gasteiger partial charge in [0, 0.05) is 0 Å². The van der Waals surface area contributed by atoms with E-state index < -0.39 is 11.4 Å². The Bertz CT molecular complexity index is 670. The molecule has 0 saturated heterocycles. The van der Waals surface area contributed by atoms with Gasteiger partial charge < -0.3 is 10.1 Å². The second-order valence-electron chi connectivity index (χ2n) is 4.58. The fraction of sp³-hybridized carbons (Fsp3) is 0.286. The number of thioether (sulfide) groups is 1. The van der Waals surface area contributed by atoms with Crippen molar-refractivity contribution in [2.24, 2.45) is 0 Å². The van der Waals surface area contributed by atoms with Crippen molar-refractivity contribution in [3.63, 3.8) is 0 Å². The summed E-state index contributed by atoms with van der Waals surface area (Å²) in [6.07, 6.45) is 0. The average molecular weight is 294 g/mol. The van der Waals surface area contributed by atoms with E-state index in [1.165, 1.54) is 18.2 Å². The lowest BCUT2D eigenvalue weighted by atomic mass is 10.1. The molecule has 1 heterocycles. The molecule has 0 radical (unpaired) electrons. The summed E-state index contributed by atoms with van der Waals surface area (Å²) in [4.78, 5) is 18.6. The van der Waals surface area contributed by atoms with Crippen molar-refractivity contribution in [3.05, 3.63) is 46.3 Å². The molecule has 0 aliphatic carbocycles. The molecule has 0 saturated carbocycles.